The molecule has 1 unspecified atom stereocenters. The van der Waals surface area contributed by atoms with Gasteiger partial charge >= 0.3 is 0 Å². The molecule has 2 aliphatic rings. The minimum atomic E-state index is -0.216. The van der Waals surface area contributed by atoms with Crippen LogP contribution in [-0.4, -0.2) is 29.9 Å². The first kappa shape index (κ1) is 24.2. The second kappa shape index (κ2) is 10.1. The van der Waals surface area contributed by atoms with Crippen LogP contribution in [0.1, 0.15) is 91.3 Å². The molecule has 0 fully saturated rings. The maximum absolute atomic E-state index is 12.7. The molecular weight excluding hydrogens is 422 g/mol. The van der Waals surface area contributed by atoms with E-state index >= 15 is 0 Å². The average molecular weight is 458 g/mol. The Hall–Kier alpha value is -2.98. The van der Waals surface area contributed by atoms with Gasteiger partial charge in [0.25, 0.3) is 11.8 Å². The van der Waals surface area contributed by atoms with Gasteiger partial charge < -0.3 is 4.74 Å². The zero-order valence-corrected chi connectivity index (χ0v) is 20.8. The summed E-state index contributed by atoms with van der Waals surface area (Å²) in [6.45, 7) is 9.77. The molecule has 0 saturated carbocycles. The van der Waals surface area contributed by atoms with Crippen LogP contribution < -0.4 is 0 Å². The van der Waals surface area contributed by atoms with E-state index in [1.165, 1.54) is 35.3 Å². The number of carbonyl (C=O) groups excluding carboxylic acids is 2. The lowest BCUT2D eigenvalue weighted by Crippen LogP contribution is -2.31. The minimum absolute atomic E-state index is 0.185. The van der Waals surface area contributed by atoms with Gasteiger partial charge in [0, 0.05) is 13.2 Å². The van der Waals surface area contributed by atoms with Crippen LogP contribution in [0.3, 0.4) is 0 Å². The standard InChI is InChI=1S/C30H35NO3/c1-5-34-27(17-19-31-28(32)24-13-6-7-14-25(24)29(31)33)23-12-8-11-22(20-23)15-16-26-21(2)10-9-18-30(26,3)4/h6-8,11-16,20,27H,5,9-10,17-19H2,1-4H3/b16-15+. The Morgan fingerprint density at radius 3 is 2.38 bits per heavy atom. The predicted molar refractivity (Wildman–Crippen MR) is 137 cm³/mol. The number of nitrogens with zero attached hydrogens (tertiary/aromatic N) is 1. The summed E-state index contributed by atoms with van der Waals surface area (Å²) in [6.07, 6.45) is 8.50. The van der Waals surface area contributed by atoms with E-state index in [1.54, 1.807) is 24.3 Å². The fourth-order valence-electron chi connectivity index (χ4n) is 5.29. The number of carbonyl (C=O) groups is 2. The van der Waals surface area contributed by atoms with Gasteiger partial charge in [-0.05, 0) is 79.8 Å². The van der Waals surface area contributed by atoms with Crippen molar-refractivity contribution in [3.8, 4) is 0 Å². The second-order valence-electron chi connectivity index (χ2n) is 9.98. The molecule has 4 nitrogen and oxygen atoms in total. The quantitative estimate of drug-likeness (QED) is 0.401. The van der Waals surface area contributed by atoms with Crippen LogP contribution in [0.4, 0.5) is 0 Å². The van der Waals surface area contributed by atoms with E-state index in [9.17, 15) is 9.59 Å². The number of fused-ring (bicyclic) bond motifs is 1. The third-order valence-corrected chi connectivity index (χ3v) is 7.13. The molecule has 0 N–H and O–H groups in total. The van der Waals surface area contributed by atoms with Gasteiger partial charge in [-0.2, -0.15) is 0 Å². The summed E-state index contributed by atoms with van der Waals surface area (Å²) < 4.78 is 6.05. The monoisotopic (exact) mass is 457 g/mol. The van der Waals surface area contributed by atoms with Crippen molar-refractivity contribution in [3.05, 3.63) is 88.0 Å². The Morgan fingerprint density at radius 2 is 1.74 bits per heavy atom. The number of benzene rings is 2. The smallest absolute Gasteiger partial charge is 0.261 e. The van der Waals surface area contributed by atoms with E-state index in [1.807, 2.05) is 6.92 Å². The maximum Gasteiger partial charge on any atom is 0.261 e. The number of ether oxygens (including phenoxy) is 1. The molecule has 1 aliphatic heterocycles. The van der Waals surface area contributed by atoms with Crippen LogP contribution in [0, 0.1) is 5.41 Å². The Labute approximate surface area is 203 Å². The van der Waals surface area contributed by atoms with Crippen molar-refractivity contribution >= 4 is 17.9 Å². The zero-order valence-electron chi connectivity index (χ0n) is 20.8. The summed E-state index contributed by atoms with van der Waals surface area (Å²) in [5.41, 5.74) is 6.30. The number of amides is 2. The maximum atomic E-state index is 12.7. The first-order valence-corrected chi connectivity index (χ1v) is 12.4. The highest BCUT2D eigenvalue weighted by Gasteiger charge is 2.35. The molecule has 1 heterocycles. The summed E-state index contributed by atoms with van der Waals surface area (Å²) in [5, 5.41) is 0. The molecule has 0 saturated heterocycles. The first-order valence-electron chi connectivity index (χ1n) is 12.4. The van der Waals surface area contributed by atoms with E-state index in [-0.39, 0.29) is 23.3 Å². The SMILES string of the molecule is CCOC(CCN1C(=O)c2ccccc2C1=O)c1cccc(/C=C/C2=C(C)CCCC2(C)C)c1. The largest absolute Gasteiger partial charge is 0.374 e. The molecule has 178 valence electrons. The Bertz CT molecular complexity index is 1110. The topological polar surface area (TPSA) is 46.6 Å². The summed E-state index contributed by atoms with van der Waals surface area (Å²) in [7, 11) is 0. The number of rotatable bonds is 8. The average Bonchev–Trinajstić information content (AvgIpc) is 3.06. The highest BCUT2D eigenvalue weighted by atomic mass is 16.5. The number of hydrogen-bond donors (Lipinski definition) is 0. The molecule has 2 aromatic carbocycles. The molecule has 4 rings (SSSR count). The number of hydrogen-bond acceptors (Lipinski definition) is 3. The van der Waals surface area contributed by atoms with Gasteiger partial charge in [0.15, 0.2) is 0 Å². The van der Waals surface area contributed by atoms with Crippen molar-refractivity contribution in [1.29, 1.82) is 0 Å². The molecule has 1 atom stereocenters. The van der Waals surface area contributed by atoms with Crippen molar-refractivity contribution in [2.45, 2.75) is 59.5 Å². The number of allylic oxidation sites excluding steroid dienone is 3. The van der Waals surface area contributed by atoms with Gasteiger partial charge in [0.1, 0.15) is 0 Å². The van der Waals surface area contributed by atoms with Crippen molar-refractivity contribution < 1.29 is 14.3 Å². The van der Waals surface area contributed by atoms with Crippen LogP contribution in [0.5, 0.6) is 0 Å². The predicted octanol–water partition coefficient (Wildman–Crippen LogP) is 6.99. The van der Waals surface area contributed by atoms with Crippen molar-refractivity contribution in [2.24, 2.45) is 5.41 Å². The van der Waals surface area contributed by atoms with Crippen molar-refractivity contribution in [1.82, 2.24) is 4.90 Å². The van der Waals surface area contributed by atoms with Crippen molar-refractivity contribution in [2.75, 3.05) is 13.2 Å². The number of imide groups is 1. The lowest BCUT2D eigenvalue weighted by atomic mass is 9.72. The van der Waals surface area contributed by atoms with E-state index < -0.39 is 0 Å². The van der Waals surface area contributed by atoms with Crippen LogP contribution in [0.2, 0.25) is 0 Å². The highest BCUT2D eigenvalue weighted by Crippen LogP contribution is 2.41. The molecule has 4 heteroatoms. The lowest BCUT2D eigenvalue weighted by molar-refractivity contribution is 0.0429. The van der Waals surface area contributed by atoms with Gasteiger partial charge in [-0.15, -0.1) is 0 Å². The summed E-state index contributed by atoms with van der Waals surface area (Å²) in [4.78, 5) is 26.8. The third kappa shape index (κ3) is 4.92. The van der Waals surface area contributed by atoms with Crippen LogP contribution in [0.25, 0.3) is 6.08 Å². The molecule has 2 amide bonds. The van der Waals surface area contributed by atoms with Gasteiger partial charge in [-0.1, -0.05) is 61.9 Å². The highest BCUT2D eigenvalue weighted by molar-refractivity contribution is 6.21. The van der Waals surface area contributed by atoms with Crippen LogP contribution >= 0.6 is 0 Å². The normalized spacial score (nSPS) is 18.6. The van der Waals surface area contributed by atoms with Crippen molar-refractivity contribution in [3.63, 3.8) is 0 Å². The van der Waals surface area contributed by atoms with Gasteiger partial charge in [0.05, 0.1) is 17.2 Å². The Balaban J connectivity index is 1.49. The van der Waals surface area contributed by atoms with E-state index in [4.69, 9.17) is 4.74 Å². The Kier molecular flexibility index (Phi) is 7.18. The fourth-order valence-corrected chi connectivity index (χ4v) is 5.29. The summed E-state index contributed by atoms with van der Waals surface area (Å²) >= 11 is 0. The third-order valence-electron chi connectivity index (χ3n) is 7.13. The molecule has 0 aromatic heterocycles. The Morgan fingerprint density at radius 1 is 1.03 bits per heavy atom. The van der Waals surface area contributed by atoms with E-state index in [2.05, 4.69) is 57.2 Å². The van der Waals surface area contributed by atoms with Gasteiger partial charge in [-0.25, -0.2) is 0 Å². The molecule has 0 bridgehead atoms. The van der Waals surface area contributed by atoms with Gasteiger partial charge in [-0.3, -0.25) is 14.5 Å². The molecule has 34 heavy (non-hydrogen) atoms. The second-order valence-corrected chi connectivity index (χ2v) is 9.98. The van der Waals surface area contributed by atoms with Crippen LogP contribution in [-0.2, 0) is 4.74 Å². The molecule has 1 aliphatic carbocycles. The summed E-state index contributed by atoms with van der Waals surface area (Å²) in [5.74, 6) is -0.433. The molecule has 2 aromatic rings. The van der Waals surface area contributed by atoms with E-state index in [0.29, 0.717) is 30.7 Å². The fraction of sp³-hybridized carbons (Fsp3) is 0.400. The zero-order chi connectivity index (χ0) is 24.3. The first-order chi connectivity index (χ1) is 16.3. The molecular formula is C30H35NO3. The lowest BCUT2D eigenvalue weighted by Gasteiger charge is -2.32. The van der Waals surface area contributed by atoms with Crippen LogP contribution in [0.15, 0.2) is 65.8 Å². The molecule has 0 radical (unpaired) electrons. The minimum Gasteiger partial charge on any atom is -0.374 e. The van der Waals surface area contributed by atoms with Gasteiger partial charge in [0.2, 0.25) is 0 Å². The van der Waals surface area contributed by atoms with E-state index in [0.717, 1.165) is 11.1 Å². The summed E-state index contributed by atoms with van der Waals surface area (Å²) in [6, 6.07) is 15.4. The molecule has 0 spiro atoms.